The summed E-state index contributed by atoms with van der Waals surface area (Å²) in [5.74, 6) is 0.176. The van der Waals surface area contributed by atoms with Crippen molar-refractivity contribution >= 4 is 17.1 Å². The lowest BCUT2D eigenvalue weighted by Crippen LogP contribution is -2.45. The van der Waals surface area contributed by atoms with Crippen LogP contribution in [-0.2, 0) is 11.3 Å². The van der Waals surface area contributed by atoms with Crippen molar-refractivity contribution in [2.45, 2.75) is 19.0 Å². The van der Waals surface area contributed by atoms with Crippen molar-refractivity contribution in [3.63, 3.8) is 0 Å². The highest BCUT2D eigenvalue weighted by Crippen LogP contribution is 2.18. The second kappa shape index (κ2) is 6.93. The van der Waals surface area contributed by atoms with Crippen molar-refractivity contribution in [3.05, 3.63) is 52.5 Å². The van der Waals surface area contributed by atoms with E-state index in [-0.39, 0.29) is 11.8 Å². The predicted octanol–water partition coefficient (Wildman–Crippen LogP) is 2.62. The van der Waals surface area contributed by atoms with Gasteiger partial charge in [0, 0.05) is 36.1 Å². The van der Waals surface area contributed by atoms with E-state index in [9.17, 15) is 4.79 Å². The number of ether oxygens (including phenoxy) is 1. The number of ketones is 1. The van der Waals surface area contributed by atoms with Gasteiger partial charge in [-0.05, 0) is 0 Å². The molecule has 1 aliphatic rings. The van der Waals surface area contributed by atoms with Crippen molar-refractivity contribution in [2.75, 3.05) is 19.8 Å². The minimum Gasteiger partial charge on any atom is -0.378 e. The van der Waals surface area contributed by atoms with E-state index in [1.54, 1.807) is 11.3 Å². The lowest BCUT2D eigenvalue weighted by molar-refractivity contribution is -0.0126. The zero-order chi connectivity index (χ0) is 14.5. The zero-order valence-electron chi connectivity index (χ0n) is 11.8. The fourth-order valence-corrected chi connectivity index (χ4v) is 3.19. The third-order valence-corrected chi connectivity index (χ3v) is 4.45. The minimum absolute atomic E-state index is 0.135. The summed E-state index contributed by atoms with van der Waals surface area (Å²) in [4.78, 5) is 19.0. The normalized spacial score (nSPS) is 19.5. The molecule has 3 rings (SSSR count). The Balaban J connectivity index is 1.65. The lowest BCUT2D eigenvalue weighted by atomic mass is 10.0. The van der Waals surface area contributed by atoms with E-state index in [2.05, 4.69) is 9.88 Å². The van der Waals surface area contributed by atoms with Crippen LogP contribution in [0.4, 0.5) is 0 Å². The van der Waals surface area contributed by atoms with Gasteiger partial charge >= 0.3 is 0 Å². The number of Topliss-reactive ketones (excluding diaryl/α,β-unsaturated/α-hetero) is 1. The fraction of sp³-hybridized carbons (Fsp3) is 0.375. The summed E-state index contributed by atoms with van der Waals surface area (Å²) in [6.45, 7) is 2.99. The molecule has 1 aromatic heterocycles. The molecule has 2 aromatic rings. The molecule has 4 nitrogen and oxygen atoms in total. The number of hydrogen-bond acceptors (Lipinski definition) is 5. The first-order valence-electron chi connectivity index (χ1n) is 7.11. The van der Waals surface area contributed by atoms with Gasteiger partial charge in [-0.15, -0.1) is 11.3 Å². The SMILES string of the molecule is O=C(C[C@H]1COCCN1Cc1nccs1)c1ccccc1. The summed E-state index contributed by atoms with van der Waals surface area (Å²) >= 11 is 1.66. The maximum absolute atomic E-state index is 12.4. The largest absolute Gasteiger partial charge is 0.378 e. The van der Waals surface area contributed by atoms with Gasteiger partial charge in [-0.25, -0.2) is 4.98 Å². The van der Waals surface area contributed by atoms with Gasteiger partial charge in [0.05, 0.1) is 19.8 Å². The van der Waals surface area contributed by atoms with Gasteiger partial charge < -0.3 is 4.74 Å². The first kappa shape index (κ1) is 14.4. The molecule has 1 atom stereocenters. The Hall–Kier alpha value is -1.56. The molecule has 0 saturated carbocycles. The van der Waals surface area contributed by atoms with E-state index in [0.29, 0.717) is 13.0 Å². The van der Waals surface area contributed by atoms with Gasteiger partial charge in [-0.1, -0.05) is 30.3 Å². The van der Waals surface area contributed by atoms with Gasteiger partial charge in [0.15, 0.2) is 5.78 Å². The third kappa shape index (κ3) is 3.75. The summed E-state index contributed by atoms with van der Waals surface area (Å²) in [5, 5.41) is 3.08. The van der Waals surface area contributed by atoms with Crippen LogP contribution in [0.5, 0.6) is 0 Å². The molecule has 0 aliphatic carbocycles. The summed E-state index contributed by atoms with van der Waals surface area (Å²) in [6.07, 6.45) is 2.32. The average Bonchev–Trinajstić information content (AvgIpc) is 3.03. The van der Waals surface area contributed by atoms with Crippen molar-refractivity contribution in [1.82, 2.24) is 9.88 Å². The van der Waals surface area contributed by atoms with E-state index < -0.39 is 0 Å². The van der Waals surface area contributed by atoms with Gasteiger partial charge in [0.2, 0.25) is 0 Å². The zero-order valence-corrected chi connectivity index (χ0v) is 12.6. The summed E-state index contributed by atoms with van der Waals surface area (Å²) in [7, 11) is 0. The molecule has 1 saturated heterocycles. The molecule has 0 radical (unpaired) electrons. The Morgan fingerprint density at radius 3 is 3.00 bits per heavy atom. The third-order valence-electron chi connectivity index (χ3n) is 3.69. The first-order valence-corrected chi connectivity index (χ1v) is 7.99. The van der Waals surface area contributed by atoms with Crippen LogP contribution >= 0.6 is 11.3 Å². The van der Waals surface area contributed by atoms with Crippen LogP contribution in [0.1, 0.15) is 21.8 Å². The van der Waals surface area contributed by atoms with Crippen LogP contribution in [0.2, 0.25) is 0 Å². The standard InChI is InChI=1S/C16H18N2O2S/c19-15(13-4-2-1-3-5-13)10-14-12-20-8-7-18(14)11-16-17-6-9-21-16/h1-6,9,14H,7-8,10-12H2/t14-/m0/s1. The Morgan fingerprint density at radius 1 is 1.38 bits per heavy atom. The molecule has 0 N–H and O–H groups in total. The van der Waals surface area contributed by atoms with E-state index in [4.69, 9.17) is 4.74 Å². The van der Waals surface area contributed by atoms with Crippen molar-refractivity contribution in [1.29, 1.82) is 0 Å². The van der Waals surface area contributed by atoms with E-state index in [1.807, 2.05) is 41.9 Å². The monoisotopic (exact) mass is 302 g/mol. The van der Waals surface area contributed by atoms with E-state index >= 15 is 0 Å². The number of carbonyl (C=O) groups excluding carboxylic acids is 1. The van der Waals surface area contributed by atoms with Crippen LogP contribution in [-0.4, -0.2) is 41.5 Å². The molecule has 5 heteroatoms. The second-order valence-electron chi connectivity index (χ2n) is 5.12. The number of nitrogens with zero attached hydrogens (tertiary/aromatic N) is 2. The summed E-state index contributed by atoms with van der Waals surface area (Å²) in [6, 6.07) is 9.61. The number of benzene rings is 1. The smallest absolute Gasteiger partial charge is 0.164 e. The first-order chi connectivity index (χ1) is 10.3. The van der Waals surface area contributed by atoms with Gasteiger partial charge in [0.25, 0.3) is 0 Å². The van der Waals surface area contributed by atoms with Crippen LogP contribution in [0.3, 0.4) is 0 Å². The number of hydrogen-bond donors (Lipinski definition) is 0. The van der Waals surface area contributed by atoms with E-state index in [1.165, 1.54) is 0 Å². The summed E-state index contributed by atoms with van der Waals surface area (Å²) in [5.41, 5.74) is 0.775. The molecule has 0 spiro atoms. The highest BCUT2D eigenvalue weighted by Gasteiger charge is 2.26. The van der Waals surface area contributed by atoms with Gasteiger partial charge in [0.1, 0.15) is 5.01 Å². The molecule has 0 bridgehead atoms. The summed E-state index contributed by atoms with van der Waals surface area (Å²) < 4.78 is 5.56. The maximum atomic E-state index is 12.4. The average molecular weight is 302 g/mol. The van der Waals surface area contributed by atoms with Crippen molar-refractivity contribution in [3.8, 4) is 0 Å². The van der Waals surface area contributed by atoms with Crippen LogP contribution in [0, 0.1) is 0 Å². The molecule has 1 aliphatic heterocycles. The number of carbonyl (C=O) groups is 1. The Labute approximate surface area is 128 Å². The molecule has 1 aromatic carbocycles. The minimum atomic E-state index is 0.135. The highest BCUT2D eigenvalue weighted by molar-refractivity contribution is 7.09. The molecular weight excluding hydrogens is 284 g/mol. The molecule has 0 amide bonds. The number of aromatic nitrogens is 1. The maximum Gasteiger partial charge on any atom is 0.164 e. The van der Waals surface area contributed by atoms with Crippen LogP contribution in [0.15, 0.2) is 41.9 Å². The van der Waals surface area contributed by atoms with Crippen molar-refractivity contribution < 1.29 is 9.53 Å². The molecule has 0 unspecified atom stereocenters. The van der Waals surface area contributed by atoms with Crippen LogP contribution in [0.25, 0.3) is 0 Å². The van der Waals surface area contributed by atoms with Crippen LogP contribution < -0.4 is 0 Å². The highest BCUT2D eigenvalue weighted by atomic mass is 32.1. The topological polar surface area (TPSA) is 42.4 Å². The van der Waals surface area contributed by atoms with E-state index in [0.717, 1.165) is 30.3 Å². The van der Waals surface area contributed by atoms with Gasteiger partial charge in [-0.3, -0.25) is 9.69 Å². The molecule has 21 heavy (non-hydrogen) atoms. The Bertz CT molecular complexity index is 571. The molecule has 2 heterocycles. The number of thiazole rings is 1. The molecule has 110 valence electrons. The fourth-order valence-electron chi connectivity index (χ4n) is 2.55. The van der Waals surface area contributed by atoms with Crippen molar-refractivity contribution in [2.24, 2.45) is 0 Å². The molecular formula is C16H18N2O2S. The number of morpholine rings is 1. The predicted molar refractivity (Wildman–Crippen MR) is 82.5 cm³/mol. The quantitative estimate of drug-likeness (QED) is 0.796. The number of rotatable bonds is 5. The van der Waals surface area contributed by atoms with Gasteiger partial charge in [-0.2, -0.15) is 0 Å². The second-order valence-corrected chi connectivity index (χ2v) is 6.10. The Morgan fingerprint density at radius 2 is 2.24 bits per heavy atom. The molecule has 1 fully saturated rings. The lowest BCUT2D eigenvalue weighted by Gasteiger charge is -2.34. The Kier molecular flexibility index (Phi) is 4.75.